The van der Waals surface area contributed by atoms with Crippen molar-refractivity contribution in [1.82, 2.24) is 9.80 Å². The van der Waals surface area contributed by atoms with Gasteiger partial charge in [0.15, 0.2) is 11.5 Å². The first-order valence-electron chi connectivity index (χ1n) is 9.26. The van der Waals surface area contributed by atoms with Gasteiger partial charge >= 0.3 is 6.03 Å². The van der Waals surface area contributed by atoms with E-state index in [4.69, 9.17) is 14.2 Å². The van der Waals surface area contributed by atoms with Crippen LogP contribution < -0.4 is 19.5 Å². The molecule has 1 aliphatic carbocycles. The van der Waals surface area contributed by atoms with E-state index in [1.54, 1.807) is 33.5 Å². The third-order valence-electron chi connectivity index (χ3n) is 5.36. The van der Waals surface area contributed by atoms with Gasteiger partial charge in [-0.2, -0.15) is 0 Å². The number of methoxy groups -OCH3 is 3. The van der Waals surface area contributed by atoms with Crippen molar-refractivity contribution in [2.24, 2.45) is 0 Å². The van der Waals surface area contributed by atoms with Crippen molar-refractivity contribution in [1.29, 1.82) is 0 Å². The Morgan fingerprint density at radius 3 is 2.04 bits per heavy atom. The van der Waals surface area contributed by atoms with Crippen LogP contribution in [0.2, 0.25) is 0 Å². The van der Waals surface area contributed by atoms with Gasteiger partial charge in [-0.15, -0.1) is 0 Å². The number of nitrogens with zero attached hydrogens (tertiary/aromatic N) is 2. The van der Waals surface area contributed by atoms with Crippen molar-refractivity contribution in [2.75, 3.05) is 52.8 Å². The van der Waals surface area contributed by atoms with Gasteiger partial charge in [0.05, 0.1) is 27.0 Å². The van der Waals surface area contributed by atoms with Gasteiger partial charge < -0.3 is 24.4 Å². The minimum absolute atomic E-state index is 0.0923. The second-order valence-corrected chi connectivity index (χ2v) is 6.81. The van der Waals surface area contributed by atoms with Crippen LogP contribution in [0.3, 0.4) is 0 Å². The molecule has 2 fully saturated rings. The smallest absolute Gasteiger partial charge is 0.321 e. The predicted molar refractivity (Wildman–Crippen MR) is 101 cm³/mol. The molecule has 7 nitrogen and oxygen atoms in total. The third-order valence-corrected chi connectivity index (χ3v) is 5.36. The van der Waals surface area contributed by atoms with Crippen molar-refractivity contribution in [2.45, 2.75) is 31.7 Å². The van der Waals surface area contributed by atoms with Gasteiger partial charge in [-0.05, 0) is 12.8 Å². The second kappa shape index (κ2) is 8.49. The lowest BCUT2D eigenvalue weighted by molar-refractivity contribution is 0.115. The minimum Gasteiger partial charge on any atom is -0.493 e. The van der Waals surface area contributed by atoms with Gasteiger partial charge in [0.25, 0.3) is 0 Å². The number of ether oxygens (including phenoxy) is 3. The monoisotopic (exact) mass is 363 g/mol. The molecule has 0 spiro atoms. The fourth-order valence-corrected chi connectivity index (χ4v) is 3.92. The summed E-state index contributed by atoms with van der Waals surface area (Å²) in [5.74, 6) is 1.56. The number of hydrogen-bond acceptors (Lipinski definition) is 5. The maximum absolute atomic E-state index is 12.6. The lowest BCUT2D eigenvalue weighted by Crippen LogP contribution is -2.52. The van der Waals surface area contributed by atoms with Crippen LogP contribution in [0.1, 0.15) is 25.7 Å². The molecule has 1 heterocycles. The molecular formula is C19H29N3O4. The summed E-state index contributed by atoms with van der Waals surface area (Å²) in [4.78, 5) is 17.0. The van der Waals surface area contributed by atoms with E-state index in [9.17, 15) is 4.79 Å². The Hall–Kier alpha value is -2.15. The zero-order valence-electron chi connectivity index (χ0n) is 15.9. The Balaban J connectivity index is 1.61. The molecule has 1 aromatic carbocycles. The topological polar surface area (TPSA) is 63.3 Å². The molecule has 0 radical (unpaired) electrons. The quantitative estimate of drug-likeness (QED) is 0.872. The molecule has 2 aliphatic rings. The van der Waals surface area contributed by atoms with E-state index in [2.05, 4.69) is 10.2 Å². The number of benzene rings is 1. The number of anilines is 1. The van der Waals surface area contributed by atoms with Crippen LogP contribution >= 0.6 is 0 Å². The molecule has 3 rings (SSSR count). The summed E-state index contributed by atoms with van der Waals surface area (Å²) in [6.07, 6.45) is 5.29. The number of amides is 2. The van der Waals surface area contributed by atoms with E-state index in [1.165, 1.54) is 25.7 Å². The molecule has 1 aliphatic heterocycles. The summed E-state index contributed by atoms with van der Waals surface area (Å²) in [5, 5.41) is 2.95. The van der Waals surface area contributed by atoms with Crippen molar-refractivity contribution >= 4 is 11.7 Å². The van der Waals surface area contributed by atoms with E-state index in [0.29, 0.717) is 22.9 Å². The number of piperazine rings is 1. The number of urea groups is 1. The molecule has 144 valence electrons. The van der Waals surface area contributed by atoms with E-state index < -0.39 is 0 Å². The first-order valence-corrected chi connectivity index (χ1v) is 9.26. The van der Waals surface area contributed by atoms with Gasteiger partial charge in [-0.3, -0.25) is 4.90 Å². The highest BCUT2D eigenvalue weighted by atomic mass is 16.5. The van der Waals surface area contributed by atoms with Gasteiger partial charge in [-0.1, -0.05) is 12.8 Å². The summed E-state index contributed by atoms with van der Waals surface area (Å²) in [7, 11) is 4.68. The molecule has 1 aromatic rings. The van der Waals surface area contributed by atoms with E-state index in [1.807, 2.05) is 4.90 Å². The number of carbonyl (C=O) groups excluding carboxylic acids is 1. The summed E-state index contributed by atoms with van der Waals surface area (Å²) in [5.41, 5.74) is 0.628. The van der Waals surface area contributed by atoms with Crippen molar-refractivity contribution in [3.8, 4) is 17.2 Å². The lowest BCUT2D eigenvalue weighted by Gasteiger charge is -2.38. The molecule has 0 aromatic heterocycles. The molecule has 1 N–H and O–H groups in total. The molecule has 7 heteroatoms. The maximum atomic E-state index is 12.6. The van der Waals surface area contributed by atoms with Gasteiger partial charge in [0.2, 0.25) is 5.75 Å². The van der Waals surface area contributed by atoms with Crippen LogP contribution in [-0.2, 0) is 0 Å². The van der Waals surface area contributed by atoms with Crippen LogP contribution in [-0.4, -0.2) is 69.4 Å². The molecule has 0 bridgehead atoms. The van der Waals surface area contributed by atoms with Crippen molar-refractivity contribution in [3.05, 3.63) is 12.1 Å². The van der Waals surface area contributed by atoms with Crippen molar-refractivity contribution < 1.29 is 19.0 Å². The molecule has 0 atom stereocenters. The second-order valence-electron chi connectivity index (χ2n) is 6.81. The largest absolute Gasteiger partial charge is 0.493 e. The number of carbonyl (C=O) groups is 1. The standard InChI is InChI=1S/C19H29N3O4/c1-24-16-12-14(13-17(25-2)18(16)26-3)20-19(23)22-10-8-21(9-11-22)15-6-4-5-7-15/h12-13,15H,4-11H2,1-3H3,(H,20,23). The molecule has 1 saturated heterocycles. The zero-order chi connectivity index (χ0) is 18.5. The highest BCUT2D eigenvalue weighted by molar-refractivity contribution is 5.90. The SMILES string of the molecule is COc1cc(NC(=O)N2CCN(C3CCCC3)CC2)cc(OC)c1OC. The third kappa shape index (κ3) is 3.98. The summed E-state index contributed by atoms with van der Waals surface area (Å²) in [6, 6.07) is 4.11. The first-order chi connectivity index (χ1) is 12.7. The molecule has 1 saturated carbocycles. The number of nitrogens with one attached hydrogen (secondary N) is 1. The Morgan fingerprint density at radius 1 is 0.962 bits per heavy atom. The van der Waals surface area contributed by atoms with Crippen molar-refractivity contribution in [3.63, 3.8) is 0 Å². The molecule has 26 heavy (non-hydrogen) atoms. The Kier molecular flexibility index (Phi) is 6.08. The fourth-order valence-electron chi connectivity index (χ4n) is 3.92. The Bertz CT molecular complexity index is 598. The number of rotatable bonds is 5. The average molecular weight is 363 g/mol. The van der Waals surface area contributed by atoms with Crippen LogP contribution in [0.5, 0.6) is 17.2 Å². The fraction of sp³-hybridized carbons (Fsp3) is 0.632. The normalized spacial score (nSPS) is 18.7. The summed E-state index contributed by atoms with van der Waals surface area (Å²) >= 11 is 0. The van der Waals surface area contributed by atoms with Crippen LogP contribution in [0.15, 0.2) is 12.1 Å². The van der Waals surface area contributed by atoms with Gasteiger partial charge in [0.1, 0.15) is 0 Å². The zero-order valence-corrected chi connectivity index (χ0v) is 15.9. The van der Waals surface area contributed by atoms with E-state index >= 15 is 0 Å². The predicted octanol–water partition coefficient (Wildman–Crippen LogP) is 2.80. The van der Waals surface area contributed by atoms with Crippen LogP contribution in [0.25, 0.3) is 0 Å². The van der Waals surface area contributed by atoms with E-state index in [-0.39, 0.29) is 6.03 Å². The van der Waals surface area contributed by atoms with Gasteiger partial charge in [0, 0.05) is 44.4 Å². The maximum Gasteiger partial charge on any atom is 0.321 e. The first kappa shape index (κ1) is 18.6. The minimum atomic E-state index is -0.0923. The Morgan fingerprint density at radius 2 is 1.54 bits per heavy atom. The molecule has 2 amide bonds. The van der Waals surface area contributed by atoms with E-state index in [0.717, 1.165) is 32.2 Å². The van der Waals surface area contributed by atoms with Crippen LogP contribution in [0, 0.1) is 0 Å². The van der Waals surface area contributed by atoms with Crippen LogP contribution in [0.4, 0.5) is 10.5 Å². The number of hydrogen-bond donors (Lipinski definition) is 1. The lowest BCUT2D eigenvalue weighted by atomic mass is 10.2. The summed E-state index contributed by atoms with van der Waals surface area (Å²) in [6.45, 7) is 3.42. The summed E-state index contributed by atoms with van der Waals surface area (Å²) < 4.78 is 16.0. The van der Waals surface area contributed by atoms with Gasteiger partial charge in [-0.25, -0.2) is 4.79 Å². The Labute approximate surface area is 155 Å². The highest BCUT2D eigenvalue weighted by Gasteiger charge is 2.28. The highest BCUT2D eigenvalue weighted by Crippen LogP contribution is 2.40. The molecular weight excluding hydrogens is 334 g/mol. The average Bonchev–Trinajstić information content (AvgIpc) is 3.22. The molecule has 0 unspecified atom stereocenters.